The van der Waals surface area contributed by atoms with Gasteiger partial charge < -0.3 is 67.6 Å². The summed E-state index contributed by atoms with van der Waals surface area (Å²) in [5.74, 6) is -0.0180. The smallest absolute Gasteiger partial charge is 0.279 e. The number of quaternary nitrogens is 2. The quantitative estimate of drug-likeness (QED) is 0.212. The molecule has 0 aliphatic heterocycles. The van der Waals surface area contributed by atoms with E-state index in [9.17, 15) is 9.59 Å². The van der Waals surface area contributed by atoms with Gasteiger partial charge in [-0.15, -0.1) is 0 Å². The van der Waals surface area contributed by atoms with Gasteiger partial charge in [0.15, 0.2) is 13.1 Å². The van der Waals surface area contributed by atoms with Gasteiger partial charge in [0, 0.05) is 11.4 Å². The number of nitrogens with zero attached hydrogens (tertiary/aromatic N) is 2. The maximum atomic E-state index is 12.4. The van der Waals surface area contributed by atoms with Crippen molar-refractivity contribution in [2.24, 2.45) is 0 Å². The molecule has 1 aromatic carbocycles. The van der Waals surface area contributed by atoms with Crippen LogP contribution in [0.3, 0.4) is 0 Å². The summed E-state index contributed by atoms with van der Waals surface area (Å²) in [7, 11) is 4.16. The molecule has 0 unspecified atom stereocenters. The van der Waals surface area contributed by atoms with Crippen molar-refractivity contribution >= 4 is 23.2 Å². The summed E-state index contributed by atoms with van der Waals surface area (Å²) in [4.78, 5) is 24.9. The first-order chi connectivity index (χ1) is 12.6. The third kappa shape index (κ3) is 10.4. The van der Waals surface area contributed by atoms with E-state index in [2.05, 4.69) is 52.4 Å². The van der Waals surface area contributed by atoms with Crippen LogP contribution in [-0.2, 0) is 9.59 Å². The summed E-state index contributed by atoms with van der Waals surface area (Å²) in [6.07, 6.45) is 0. The van der Waals surface area contributed by atoms with Gasteiger partial charge in [0.1, 0.15) is 0 Å². The Hall–Kier alpha value is -0.460. The number of hydrogen-bond acceptors (Lipinski definition) is 2. The van der Waals surface area contributed by atoms with Crippen LogP contribution >= 0.6 is 0 Å². The molecule has 1 aromatic rings. The molecule has 0 spiro atoms. The molecular formula is C21H38I2N4O2. The summed E-state index contributed by atoms with van der Waals surface area (Å²) in [6.45, 7) is 14.8. The molecule has 0 saturated heterocycles. The average Bonchev–Trinajstić information content (AvgIpc) is 2.60. The number of aryl methyl sites for hydroxylation is 1. The van der Waals surface area contributed by atoms with E-state index in [1.165, 1.54) is 0 Å². The predicted octanol–water partition coefficient (Wildman–Crippen LogP) is -3.15. The molecule has 8 heteroatoms. The lowest BCUT2D eigenvalue weighted by molar-refractivity contribution is -0.898. The van der Waals surface area contributed by atoms with Gasteiger partial charge in [-0.3, -0.25) is 9.59 Å². The first kappa shape index (κ1) is 30.7. The van der Waals surface area contributed by atoms with E-state index in [1.807, 2.05) is 25.1 Å². The van der Waals surface area contributed by atoms with Gasteiger partial charge >= 0.3 is 0 Å². The number of carbonyl (C=O) groups is 2. The molecule has 0 bridgehead atoms. The van der Waals surface area contributed by atoms with Crippen LogP contribution in [0, 0.1) is 6.92 Å². The van der Waals surface area contributed by atoms with Crippen LogP contribution in [0.4, 0.5) is 11.4 Å². The van der Waals surface area contributed by atoms with Crippen molar-refractivity contribution in [2.75, 3.05) is 64.0 Å². The number of anilines is 2. The van der Waals surface area contributed by atoms with Crippen LogP contribution in [0.25, 0.3) is 0 Å². The molecule has 0 aliphatic rings. The van der Waals surface area contributed by atoms with E-state index in [4.69, 9.17) is 0 Å². The van der Waals surface area contributed by atoms with Crippen LogP contribution in [0.5, 0.6) is 0 Å². The van der Waals surface area contributed by atoms with Crippen molar-refractivity contribution in [1.82, 2.24) is 0 Å². The topological polar surface area (TPSA) is 58.2 Å². The Morgan fingerprint density at radius 2 is 1.03 bits per heavy atom. The first-order valence-corrected chi connectivity index (χ1v) is 9.97. The van der Waals surface area contributed by atoms with Gasteiger partial charge in [-0.2, -0.15) is 0 Å². The largest absolute Gasteiger partial charge is 1.00 e. The molecule has 0 aliphatic carbocycles. The van der Waals surface area contributed by atoms with Gasteiger partial charge in [-0.25, -0.2) is 0 Å². The predicted molar refractivity (Wildman–Crippen MR) is 113 cm³/mol. The number of carbonyl (C=O) groups excluding carboxylic acids is 2. The minimum atomic E-state index is -0.00900. The zero-order valence-corrected chi connectivity index (χ0v) is 23.3. The van der Waals surface area contributed by atoms with Gasteiger partial charge in [0.05, 0.1) is 40.3 Å². The van der Waals surface area contributed by atoms with Crippen LogP contribution in [0.15, 0.2) is 18.2 Å². The third-order valence-corrected chi connectivity index (χ3v) is 5.75. The van der Waals surface area contributed by atoms with E-state index in [-0.39, 0.29) is 59.8 Å². The van der Waals surface area contributed by atoms with Crippen molar-refractivity contribution in [3.63, 3.8) is 0 Å². The van der Waals surface area contributed by atoms with Gasteiger partial charge in [0.25, 0.3) is 11.8 Å². The van der Waals surface area contributed by atoms with Gasteiger partial charge in [0.2, 0.25) is 0 Å². The Bertz CT molecular complexity index is 608. The fraction of sp³-hybridized carbons (Fsp3) is 0.619. The summed E-state index contributed by atoms with van der Waals surface area (Å²) in [6, 6.07) is 5.68. The second kappa shape index (κ2) is 13.8. The van der Waals surface area contributed by atoms with Crippen molar-refractivity contribution in [3.8, 4) is 0 Å². The van der Waals surface area contributed by atoms with Crippen molar-refractivity contribution in [3.05, 3.63) is 23.8 Å². The lowest BCUT2D eigenvalue weighted by Crippen LogP contribution is -3.00. The van der Waals surface area contributed by atoms with Crippen LogP contribution in [0.1, 0.15) is 33.3 Å². The molecule has 2 N–H and O–H groups in total. The summed E-state index contributed by atoms with van der Waals surface area (Å²) < 4.78 is 1.40. The highest BCUT2D eigenvalue weighted by Crippen LogP contribution is 2.19. The minimum Gasteiger partial charge on any atom is -1.00 e. The monoisotopic (exact) mass is 632 g/mol. The van der Waals surface area contributed by atoms with Crippen molar-refractivity contribution in [2.45, 2.75) is 34.6 Å². The Morgan fingerprint density at radius 3 is 1.31 bits per heavy atom. The molecule has 0 heterocycles. The second-order valence-electron chi connectivity index (χ2n) is 8.00. The van der Waals surface area contributed by atoms with Crippen molar-refractivity contribution in [1.29, 1.82) is 0 Å². The molecule has 0 atom stereocenters. The number of rotatable bonds is 10. The molecule has 29 heavy (non-hydrogen) atoms. The molecule has 168 valence electrons. The summed E-state index contributed by atoms with van der Waals surface area (Å²) in [5, 5.41) is 5.96. The maximum absolute atomic E-state index is 12.4. The number of nitrogens with one attached hydrogen (secondary N) is 2. The summed E-state index contributed by atoms with van der Waals surface area (Å²) in [5.41, 5.74) is 2.43. The van der Waals surface area contributed by atoms with Crippen molar-refractivity contribution < 1.29 is 66.5 Å². The Kier molecular flexibility index (Phi) is 14.6. The van der Waals surface area contributed by atoms with E-state index < -0.39 is 0 Å². The lowest BCUT2D eigenvalue weighted by atomic mass is 10.2. The zero-order chi connectivity index (χ0) is 20.7. The normalized spacial score (nSPS) is 11.1. The molecular weight excluding hydrogens is 594 g/mol. The fourth-order valence-electron chi connectivity index (χ4n) is 2.92. The molecule has 0 radical (unpaired) electrons. The zero-order valence-electron chi connectivity index (χ0n) is 18.9. The standard InChI is InChI=1S/C21H36N4O2.2HI/c1-8-24(6,9-2)15-20(26)22-18-12-17(5)13-19(14-18)23-21(27)16-25(7,10-3)11-4;;/h12-14H,8-11,15-16H2,1-7H3;2*1H. The number of halogens is 2. The molecule has 0 aromatic heterocycles. The number of likely N-dealkylation sites (N-methyl/N-ethyl adjacent to an activating group) is 2. The van der Waals surface area contributed by atoms with Crippen LogP contribution < -0.4 is 58.6 Å². The fourth-order valence-corrected chi connectivity index (χ4v) is 2.92. The molecule has 2 amide bonds. The summed E-state index contributed by atoms with van der Waals surface area (Å²) >= 11 is 0. The van der Waals surface area contributed by atoms with Gasteiger partial charge in [-0.05, 0) is 58.4 Å². The Balaban J connectivity index is 0. The highest BCUT2D eigenvalue weighted by atomic mass is 127. The second-order valence-corrected chi connectivity index (χ2v) is 8.00. The highest BCUT2D eigenvalue weighted by molar-refractivity contribution is 5.95. The Morgan fingerprint density at radius 1 is 0.724 bits per heavy atom. The molecule has 0 fully saturated rings. The third-order valence-electron chi connectivity index (χ3n) is 5.75. The van der Waals surface area contributed by atoms with Gasteiger partial charge in [-0.1, -0.05) is 0 Å². The number of benzene rings is 1. The van der Waals surface area contributed by atoms with E-state index in [1.54, 1.807) is 0 Å². The minimum absolute atomic E-state index is 0. The molecule has 0 saturated carbocycles. The van der Waals surface area contributed by atoms with E-state index >= 15 is 0 Å². The van der Waals surface area contributed by atoms with E-state index in [0.29, 0.717) is 22.1 Å². The average molecular weight is 632 g/mol. The molecule has 1 rings (SSSR count). The first-order valence-electron chi connectivity index (χ1n) is 9.97. The van der Waals surface area contributed by atoms with Crippen LogP contribution in [0.2, 0.25) is 0 Å². The van der Waals surface area contributed by atoms with E-state index in [0.717, 1.165) is 43.1 Å². The Labute approximate surface area is 211 Å². The molecule has 6 nitrogen and oxygen atoms in total. The SMILES string of the molecule is CC[N+](C)(CC)CC(=O)Nc1cc(C)cc(NC(=O)C[N+](C)(CC)CC)c1.[I-].[I-]. The number of amides is 2. The highest BCUT2D eigenvalue weighted by Gasteiger charge is 2.22. The van der Waals surface area contributed by atoms with Crippen LogP contribution in [-0.4, -0.2) is 74.1 Å². The number of hydrogen-bond donors (Lipinski definition) is 2. The maximum Gasteiger partial charge on any atom is 0.279 e. The lowest BCUT2D eigenvalue weighted by Gasteiger charge is -2.31.